The molecule has 0 fully saturated rings. The Kier molecular flexibility index (Phi) is 4.28. The molecule has 0 amide bonds. The van der Waals surface area contributed by atoms with Gasteiger partial charge in [0.2, 0.25) is 0 Å². The summed E-state index contributed by atoms with van der Waals surface area (Å²) in [5.41, 5.74) is 6.54. The van der Waals surface area contributed by atoms with Gasteiger partial charge >= 0.3 is 5.97 Å². The Labute approximate surface area is 159 Å². The van der Waals surface area contributed by atoms with E-state index in [1.54, 1.807) is 0 Å². The second-order valence-electron chi connectivity index (χ2n) is 7.22. The molecule has 0 bridgehead atoms. The molecule has 1 aliphatic heterocycles. The number of aryl methyl sites for hydroxylation is 2. The summed E-state index contributed by atoms with van der Waals surface area (Å²) < 4.78 is 4.88. The third kappa shape index (κ3) is 2.71. The van der Waals surface area contributed by atoms with Crippen LogP contribution in [-0.2, 0) is 4.74 Å². The summed E-state index contributed by atoms with van der Waals surface area (Å²) in [4.78, 5) is 11.9. The lowest BCUT2D eigenvalue weighted by Gasteiger charge is -2.38. The largest absolute Gasteiger partial charge is 0.465 e. The van der Waals surface area contributed by atoms with E-state index in [9.17, 15) is 4.79 Å². The first-order valence-electron chi connectivity index (χ1n) is 8.91. The predicted octanol–water partition coefficient (Wildman–Crippen LogP) is 5.57. The third-order valence-corrected chi connectivity index (χ3v) is 5.88. The second kappa shape index (κ2) is 6.48. The molecule has 0 aromatic heterocycles. The Balaban J connectivity index is 1.80. The molecule has 2 aromatic carbocycles. The van der Waals surface area contributed by atoms with Crippen molar-refractivity contribution in [3.63, 3.8) is 0 Å². The maximum absolute atomic E-state index is 11.9. The van der Waals surface area contributed by atoms with Gasteiger partial charge in [0, 0.05) is 16.6 Å². The van der Waals surface area contributed by atoms with Crippen LogP contribution in [-0.4, -0.2) is 13.1 Å². The fourth-order valence-electron chi connectivity index (χ4n) is 4.55. The number of nitrogens with one attached hydrogen (secondary N) is 1. The predicted molar refractivity (Wildman–Crippen MR) is 105 cm³/mol. The lowest BCUT2D eigenvalue weighted by atomic mass is 9.75. The molecule has 134 valence electrons. The van der Waals surface area contributed by atoms with Gasteiger partial charge in [-0.15, -0.1) is 0 Å². The van der Waals surface area contributed by atoms with Gasteiger partial charge in [0.1, 0.15) is 0 Å². The first-order valence-corrected chi connectivity index (χ1v) is 9.29. The summed E-state index contributed by atoms with van der Waals surface area (Å²) >= 11 is 6.24. The number of halogens is 1. The summed E-state index contributed by atoms with van der Waals surface area (Å²) in [7, 11) is 1.42. The molecule has 0 saturated carbocycles. The van der Waals surface area contributed by atoms with Crippen molar-refractivity contribution in [1.29, 1.82) is 0 Å². The Bertz CT molecular complexity index is 895. The van der Waals surface area contributed by atoms with Gasteiger partial charge in [-0.1, -0.05) is 23.8 Å². The smallest absolute Gasteiger partial charge is 0.337 e. The normalized spacial score (nSPS) is 23.2. The molecule has 4 heteroatoms. The SMILES string of the molecule is COC(=O)c1cc(C)c([C@H]2Nc3ccc(Cl)cc3[C@@H]3CC=C[C@H]23)c(C)c1. The van der Waals surface area contributed by atoms with Crippen LogP contribution in [0.2, 0.25) is 5.02 Å². The third-order valence-electron chi connectivity index (χ3n) is 5.65. The molecule has 0 saturated heterocycles. The molecule has 2 aromatic rings. The molecule has 0 unspecified atom stereocenters. The first kappa shape index (κ1) is 17.2. The Hall–Kier alpha value is -2.26. The van der Waals surface area contributed by atoms with Gasteiger partial charge in [0.05, 0.1) is 18.7 Å². The highest BCUT2D eigenvalue weighted by atomic mass is 35.5. The van der Waals surface area contributed by atoms with Crippen LogP contribution in [0.4, 0.5) is 5.69 Å². The Morgan fingerprint density at radius 1 is 1.19 bits per heavy atom. The number of rotatable bonds is 2. The highest BCUT2D eigenvalue weighted by molar-refractivity contribution is 6.30. The van der Waals surface area contributed by atoms with E-state index in [0.717, 1.165) is 28.3 Å². The van der Waals surface area contributed by atoms with Crippen LogP contribution in [0.3, 0.4) is 0 Å². The fourth-order valence-corrected chi connectivity index (χ4v) is 4.73. The Morgan fingerprint density at radius 2 is 1.92 bits per heavy atom. The molecular weight excluding hydrogens is 346 g/mol. The number of ether oxygens (including phenoxy) is 1. The van der Waals surface area contributed by atoms with Crippen LogP contribution in [0.25, 0.3) is 0 Å². The molecule has 2 aliphatic rings. The number of allylic oxidation sites excluding steroid dienone is 1. The van der Waals surface area contributed by atoms with E-state index in [1.165, 1.54) is 18.2 Å². The monoisotopic (exact) mass is 367 g/mol. The summed E-state index contributed by atoms with van der Waals surface area (Å²) in [6.07, 6.45) is 5.63. The minimum absolute atomic E-state index is 0.180. The van der Waals surface area contributed by atoms with Crippen molar-refractivity contribution in [2.45, 2.75) is 32.2 Å². The zero-order valence-electron chi connectivity index (χ0n) is 15.2. The van der Waals surface area contributed by atoms with E-state index in [1.807, 2.05) is 18.2 Å². The molecule has 3 atom stereocenters. The van der Waals surface area contributed by atoms with Gasteiger partial charge in [-0.05, 0) is 78.8 Å². The lowest BCUT2D eigenvalue weighted by Crippen LogP contribution is -2.30. The van der Waals surface area contributed by atoms with Crippen molar-refractivity contribution in [2.75, 3.05) is 12.4 Å². The zero-order chi connectivity index (χ0) is 18.4. The Morgan fingerprint density at radius 3 is 2.62 bits per heavy atom. The van der Waals surface area contributed by atoms with Crippen LogP contribution < -0.4 is 5.32 Å². The minimum Gasteiger partial charge on any atom is -0.465 e. The average Bonchev–Trinajstić information content (AvgIpc) is 3.11. The number of carbonyl (C=O) groups is 1. The zero-order valence-corrected chi connectivity index (χ0v) is 15.9. The van der Waals surface area contributed by atoms with E-state index in [-0.39, 0.29) is 12.0 Å². The van der Waals surface area contributed by atoms with Crippen molar-refractivity contribution in [2.24, 2.45) is 5.92 Å². The van der Waals surface area contributed by atoms with Crippen molar-refractivity contribution in [1.82, 2.24) is 0 Å². The highest BCUT2D eigenvalue weighted by Gasteiger charge is 2.39. The molecule has 1 N–H and O–H groups in total. The molecule has 3 nitrogen and oxygen atoms in total. The number of hydrogen-bond donors (Lipinski definition) is 1. The van der Waals surface area contributed by atoms with E-state index in [0.29, 0.717) is 17.4 Å². The van der Waals surface area contributed by atoms with Crippen LogP contribution in [0.15, 0.2) is 42.5 Å². The summed E-state index contributed by atoms with van der Waals surface area (Å²) in [6, 6.07) is 10.1. The quantitative estimate of drug-likeness (QED) is 0.557. The van der Waals surface area contributed by atoms with Crippen LogP contribution in [0.1, 0.15) is 51.0 Å². The number of benzene rings is 2. The van der Waals surface area contributed by atoms with Gasteiger partial charge in [0.15, 0.2) is 0 Å². The van der Waals surface area contributed by atoms with Crippen molar-refractivity contribution < 1.29 is 9.53 Å². The number of hydrogen-bond acceptors (Lipinski definition) is 3. The fraction of sp³-hybridized carbons (Fsp3) is 0.318. The van der Waals surface area contributed by atoms with E-state index >= 15 is 0 Å². The van der Waals surface area contributed by atoms with E-state index in [4.69, 9.17) is 16.3 Å². The molecular formula is C22H22ClNO2. The topological polar surface area (TPSA) is 38.3 Å². The van der Waals surface area contributed by atoms with Crippen molar-refractivity contribution in [3.8, 4) is 0 Å². The molecule has 0 spiro atoms. The van der Waals surface area contributed by atoms with Gasteiger partial charge in [-0.2, -0.15) is 0 Å². The van der Waals surface area contributed by atoms with Gasteiger partial charge in [-0.3, -0.25) is 0 Å². The van der Waals surface area contributed by atoms with Crippen LogP contribution in [0.5, 0.6) is 0 Å². The number of anilines is 1. The van der Waals surface area contributed by atoms with Crippen molar-refractivity contribution >= 4 is 23.3 Å². The van der Waals surface area contributed by atoms with Crippen LogP contribution in [0, 0.1) is 19.8 Å². The molecule has 1 aliphatic carbocycles. The number of esters is 1. The lowest BCUT2D eigenvalue weighted by molar-refractivity contribution is 0.0600. The molecule has 1 heterocycles. The maximum atomic E-state index is 11.9. The second-order valence-corrected chi connectivity index (χ2v) is 7.65. The molecule has 0 radical (unpaired) electrons. The standard InChI is InChI=1S/C22H22ClNO2/c1-12-9-14(22(25)26-3)10-13(2)20(12)21-17-6-4-5-16(17)18-11-15(23)7-8-19(18)24-21/h4,6-11,16-17,21,24H,5H2,1-3H3/t16-,17+,21+/m1/s1. The summed E-state index contributed by atoms with van der Waals surface area (Å²) in [6.45, 7) is 4.14. The number of methoxy groups -OCH3 is 1. The molecule has 4 rings (SSSR count). The van der Waals surface area contributed by atoms with Gasteiger partial charge in [-0.25, -0.2) is 4.79 Å². The van der Waals surface area contributed by atoms with E-state index in [2.05, 4.69) is 43.4 Å². The minimum atomic E-state index is -0.294. The number of carbonyl (C=O) groups excluding carboxylic acids is 1. The summed E-state index contributed by atoms with van der Waals surface area (Å²) in [5.74, 6) is 0.523. The number of fused-ring (bicyclic) bond motifs is 3. The van der Waals surface area contributed by atoms with Gasteiger partial charge in [0.25, 0.3) is 0 Å². The van der Waals surface area contributed by atoms with Crippen LogP contribution >= 0.6 is 11.6 Å². The van der Waals surface area contributed by atoms with E-state index < -0.39 is 0 Å². The maximum Gasteiger partial charge on any atom is 0.337 e. The first-order chi connectivity index (χ1) is 12.5. The highest BCUT2D eigenvalue weighted by Crippen LogP contribution is 2.51. The summed E-state index contributed by atoms with van der Waals surface area (Å²) in [5, 5.41) is 4.51. The van der Waals surface area contributed by atoms with Crippen molar-refractivity contribution in [3.05, 3.63) is 75.3 Å². The van der Waals surface area contributed by atoms with Gasteiger partial charge < -0.3 is 10.1 Å². The average molecular weight is 368 g/mol. The molecule has 26 heavy (non-hydrogen) atoms.